The Kier molecular flexibility index (Phi) is 5.63. The van der Waals surface area contributed by atoms with Crippen LogP contribution in [0.1, 0.15) is 38.3 Å². The van der Waals surface area contributed by atoms with Crippen molar-refractivity contribution in [2.75, 3.05) is 6.61 Å². The number of benzene rings is 1. The van der Waals surface area contributed by atoms with Crippen LogP contribution in [0.2, 0.25) is 10.0 Å². The molecule has 0 aliphatic heterocycles. The average Bonchev–Trinajstić information content (AvgIpc) is 3.38. The highest BCUT2D eigenvalue weighted by Crippen LogP contribution is 2.37. The smallest absolute Gasteiger partial charge is 0.258 e. The van der Waals surface area contributed by atoms with Crippen molar-refractivity contribution in [1.29, 1.82) is 0 Å². The molecular formula is C18H20Cl3NO2. The fraction of sp³-hybridized carbons (Fsp3) is 0.500. The number of nitrogens with zero attached hydrogens (tertiary/aromatic N) is 1. The summed E-state index contributed by atoms with van der Waals surface area (Å²) in [4.78, 5) is 13.0. The van der Waals surface area contributed by atoms with Gasteiger partial charge >= 0.3 is 0 Å². The monoisotopic (exact) mass is 387 g/mol. The van der Waals surface area contributed by atoms with E-state index < -0.39 is 0 Å². The number of hydrogen-bond acceptors (Lipinski definition) is 2. The number of pyridine rings is 1. The third kappa shape index (κ3) is 3.54. The SMILES string of the molecule is CCCCOc1c(CCl)n(CC2CC2)c(=O)c2cc(Cl)c(Cl)cc12. The zero-order chi connectivity index (χ0) is 17.3. The Balaban J connectivity index is 2.22. The van der Waals surface area contributed by atoms with Crippen molar-refractivity contribution in [2.24, 2.45) is 5.92 Å². The molecule has 0 amide bonds. The van der Waals surface area contributed by atoms with Crippen molar-refractivity contribution in [3.05, 3.63) is 38.2 Å². The number of halogens is 3. The number of unbranched alkanes of at least 4 members (excludes halogenated alkanes) is 1. The second-order valence-electron chi connectivity index (χ2n) is 6.28. The Morgan fingerprint density at radius 2 is 1.88 bits per heavy atom. The van der Waals surface area contributed by atoms with Crippen molar-refractivity contribution < 1.29 is 4.74 Å². The molecule has 1 fully saturated rings. The fourth-order valence-electron chi connectivity index (χ4n) is 2.82. The summed E-state index contributed by atoms with van der Waals surface area (Å²) < 4.78 is 7.79. The largest absolute Gasteiger partial charge is 0.491 e. The molecule has 2 aromatic rings. The van der Waals surface area contributed by atoms with Gasteiger partial charge in [-0.3, -0.25) is 4.79 Å². The van der Waals surface area contributed by atoms with E-state index in [2.05, 4.69) is 6.92 Å². The van der Waals surface area contributed by atoms with Crippen molar-refractivity contribution in [3.8, 4) is 5.75 Å². The molecule has 1 aromatic heterocycles. The molecule has 0 spiro atoms. The van der Waals surface area contributed by atoms with E-state index in [4.69, 9.17) is 39.5 Å². The predicted octanol–water partition coefficient (Wildman–Crippen LogP) is 5.64. The van der Waals surface area contributed by atoms with E-state index in [0.717, 1.165) is 31.4 Å². The first-order valence-electron chi connectivity index (χ1n) is 8.30. The highest BCUT2D eigenvalue weighted by atomic mass is 35.5. The summed E-state index contributed by atoms with van der Waals surface area (Å²) in [5.74, 6) is 1.43. The standard InChI is InChI=1S/C18H20Cl3NO2/c1-2-3-6-24-17-12-7-14(20)15(21)8-13(12)18(23)22(16(17)9-19)10-11-4-5-11/h7-8,11H,2-6,9-10H2,1H3. The van der Waals surface area contributed by atoms with E-state index in [1.54, 1.807) is 16.7 Å². The van der Waals surface area contributed by atoms with Gasteiger partial charge in [0.1, 0.15) is 5.75 Å². The molecule has 0 bridgehead atoms. The van der Waals surface area contributed by atoms with Crippen LogP contribution in [-0.2, 0) is 12.4 Å². The summed E-state index contributed by atoms with van der Waals surface area (Å²) in [7, 11) is 0. The Morgan fingerprint density at radius 1 is 1.21 bits per heavy atom. The van der Waals surface area contributed by atoms with Crippen molar-refractivity contribution >= 4 is 45.6 Å². The number of ether oxygens (including phenoxy) is 1. The van der Waals surface area contributed by atoms with Crippen molar-refractivity contribution in [2.45, 2.75) is 45.0 Å². The Hall–Kier alpha value is -0.900. The number of alkyl halides is 1. The minimum absolute atomic E-state index is 0.0750. The zero-order valence-corrected chi connectivity index (χ0v) is 15.8. The molecule has 1 aromatic carbocycles. The van der Waals surface area contributed by atoms with Crippen LogP contribution in [0, 0.1) is 5.92 Å². The maximum Gasteiger partial charge on any atom is 0.258 e. The van der Waals surface area contributed by atoms with E-state index in [1.807, 2.05) is 0 Å². The summed E-state index contributed by atoms with van der Waals surface area (Å²) in [6.45, 7) is 3.37. The van der Waals surface area contributed by atoms with Gasteiger partial charge in [0.15, 0.2) is 0 Å². The lowest BCUT2D eigenvalue weighted by Gasteiger charge is -2.19. The maximum atomic E-state index is 13.0. The lowest BCUT2D eigenvalue weighted by Crippen LogP contribution is -2.25. The molecule has 0 saturated heterocycles. The molecule has 1 aliphatic rings. The number of hydrogen-bond donors (Lipinski definition) is 0. The normalized spacial score (nSPS) is 14.3. The van der Waals surface area contributed by atoms with E-state index in [0.29, 0.717) is 45.6 Å². The van der Waals surface area contributed by atoms with Gasteiger partial charge in [-0.2, -0.15) is 0 Å². The first kappa shape index (κ1) is 17.9. The Morgan fingerprint density at radius 3 is 2.46 bits per heavy atom. The zero-order valence-electron chi connectivity index (χ0n) is 13.6. The highest BCUT2D eigenvalue weighted by Gasteiger charge is 2.26. The predicted molar refractivity (Wildman–Crippen MR) is 101 cm³/mol. The fourth-order valence-corrected chi connectivity index (χ4v) is 3.41. The quantitative estimate of drug-likeness (QED) is 0.454. The molecule has 1 aliphatic carbocycles. The first-order chi connectivity index (χ1) is 11.6. The number of rotatable bonds is 7. The van der Waals surface area contributed by atoms with Gasteiger partial charge in [0, 0.05) is 11.9 Å². The van der Waals surface area contributed by atoms with Crippen LogP contribution in [0.5, 0.6) is 5.75 Å². The first-order valence-corrected chi connectivity index (χ1v) is 9.59. The number of aromatic nitrogens is 1. The highest BCUT2D eigenvalue weighted by molar-refractivity contribution is 6.42. The second kappa shape index (κ2) is 7.55. The van der Waals surface area contributed by atoms with Crippen LogP contribution in [0.3, 0.4) is 0 Å². The molecule has 0 unspecified atom stereocenters. The van der Waals surface area contributed by atoms with Crippen LogP contribution >= 0.6 is 34.8 Å². The van der Waals surface area contributed by atoms with Gasteiger partial charge in [-0.15, -0.1) is 11.6 Å². The van der Waals surface area contributed by atoms with E-state index >= 15 is 0 Å². The Bertz CT molecular complexity index is 812. The third-order valence-corrected chi connectivity index (χ3v) is 5.35. The maximum absolute atomic E-state index is 13.0. The summed E-state index contributed by atoms with van der Waals surface area (Å²) in [5.41, 5.74) is 0.657. The molecular weight excluding hydrogens is 369 g/mol. The average molecular weight is 389 g/mol. The van der Waals surface area contributed by atoms with Crippen molar-refractivity contribution in [1.82, 2.24) is 4.57 Å². The van der Waals surface area contributed by atoms with E-state index in [9.17, 15) is 4.79 Å². The van der Waals surface area contributed by atoms with Gasteiger partial charge in [0.25, 0.3) is 5.56 Å². The molecule has 1 heterocycles. The van der Waals surface area contributed by atoms with Gasteiger partial charge in [0.2, 0.25) is 0 Å². The summed E-state index contributed by atoms with van der Waals surface area (Å²) in [5, 5.41) is 2.00. The van der Waals surface area contributed by atoms with Crippen LogP contribution in [-0.4, -0.2) is 11.2 Å². The van der Waals surface area contributed by atoms with Crippen LogP contribution in [0.15, 0.2) is 16.9 Å². The minimum Gasteiger partial charge on any atom is -0.491 e. The Labute approximate surface area is 156 Å². The molecule has 130 valence electrons. The summed E-state index contributed by atoms with van der Waals surface area (Å²) in [6, 6.07) is 3.34. The topological polar surface area (TPSA) is 31.2 Å². The van der Waals surface area contributed by atoms with Crippen LogP contribution < -0.4 is 10.3 Å². The molecule has 0 atom stereocenters. The van der Waals surface area contributed by atoms with Crippen LogP contribution in [0.4, 0.5) is 0 Å². The second-order valence-corrected chi connectivity index (χ2v) is 7.36. The van der Waals surface area contributed by atoms with Gasteiger partial charge < -0.3 is 9.30 Å². The molecule has 0 radical (unpaired) electrons. The van der Waals surface area contributed by atoms with Gasteiger partial charge in [0.05, 0.1) is 33.6 Å². The number of fused-ring (bicyclic) bond motifs is 1. The van der Waals surface area contributed by atoms with E-state index in [-0.39, 0.29) is 11.4 Å². The lowest BCUT2D eigenvalue weighted by atomic mass is 10.1. The van der Waals surface area contributed by atoms with Crippen molar-refractivity contribution in [3.63, 3.8) is 0 Å². The molecule has 3 rings (SSSR count). The lowest BCUT2D eigenvalue weighted by molar-refractivity contribution is 0.306. The molecule has 1 saturated carbocycles. The molecule has 0 N–H and O–H groups in total. The van der Waals surface area contributed by atoms with Gasteiger partial charge in [-0.25, -0.2) is 0 Å². The summed E-state index contributed by atoms with van der Waals surface area (Å²) in [6.07, 6.45) is 4.27. The van der Waals surface area contributed by atoms with E-state index in [1.165, 1.54) is 0 Å². The molecule has 3 nitrogen and oxygen atoms in total. The third-order valence-electron chi connectivity index (χ3n) is 4.38. The minimum atomic E-state index is -0.0750. The molecule has 6 heteroatoms. The van der Waals surface area contributed by atoms with Gasteiger partial charge in [-0.1, -0.05) is 36.5 Å². The molecule has 24 heavy (non-hydrogen) atoms. The van der Waals surface area contributed by atoms with Crippen LogP contribution in [0.25, 0.3) is 10.8 Å². The van der Waals surface area contributed by atoms with Gasteiger partial charge in [-0.05, 0) is 37.3 Å². The summed E-state index contributed by atoms with van der Waals surface area (Å²) >= 11 is 18.5.